The molecule has 0 rings (SSSR count). The van der Waals surface area contributed by atoms with Crippen molar-refractivity contribution >= 4 is 16.8 Å². The molecule has 0 saturated carbocycles. The smallest absolute Gasteiger partial charge is 0 e. The van der Waals surface area contributed by atoms with Gasteiger partial charge in [-0.3, -0.25) is 0 Å². The summed E-state index contributed by atoms with van der Waals surface area (Å²) in [7, 11) is 0. The van der Waals surface area contributed by atoms with E-state index in [1.807, 2.05) is 6.92 Å². The van der Waals surface area contributed by atoms with E-state index in [4.69, 9.17) is 0 Å². The maximum Gasteiger partial charge on any atom is 0 e. The summed E-state index contributed by atoms with van der Waals surface area (Å²) < 4.78 is 0. The van der Waals surface area contributed by atoms with Crippen molar-refractivity contribution in [2.75, 3.05) is 0 Å². The predicted molar refractivity (Wildman–Crippen MR) is 88.9 cm³/mol. The standard InChI is InChI=1S/3C4H10.C3H7.2B.Y/c3*1-3-4-2;1-3-2;;;/h3*3-4H2,1-2H3;1,3H2,2H3;;;/q;;;-1;;;. The summed E-state index contributed by atoms with van der Waals surface area (Å²) in [5, 5.41) is 0. The molecule has 0 aromatic rings. The molecule has 0 aliphatic rings. The molecule has 0 atom stereocenters. The minimum Gasteiger partial charge on any atom is -0.344 e. The average molecular weight is 328 g/mol. The van der Waals surface area contributed by atoms with E-state index < -0.39 is 0 Å². The Morgan fingerprint density at radius 3 is 0.556 bits per heavy atom. The third-order valence-electron chi connectivity index (χ3n) is 1.50. The van der Waals surface area contributed by atoms with Gasteiger partial charge in [-0.1, -0.05) is 87.0 Å². The van der Waals surface area contributed by atoms with Gasteiger partial charge in [-0.15, -0.1) is 0 Å². The van der Waals surface area contributed by atoms with Crippen molar-refractivity contribution < 1.29 is 32.7 Å². The van der Waals surface area contributed by atoms with Gasteiger partial charge in [0.05, 0.1) is 0 Å². The molecular formula is C15H37B2Y-. The van der Waals surface area contributed by atoms with Crippen LogP contribution in [0.25, 0.3) is 0 Å². The fraction of sp³-hybridized carbons (Fsp3) is 0.933. The molecule has 0 unspecified atom stereocenters. The van der Waals surface area contributed by atoms with Crippen LogP contribution in [-0.4, -0.2) is 16.8 Å². The van der Waals surface area contributed by atoms with Gasteiger partial charge in [-0.25, -0.2) is 0 Å². The van der Waals surface area contributed by atoms with Crippen molar-refractivity contribution in [3.63, 3.8) is 0 Å². The number of hydrogen-bond acceptors (Lipinski definition) is 0. The normalized spacial score (nSPS) is 6.00. The Morgan fingerprint density at radius 2 is 0.556 bits per heavy atom. The summed E-state index contributed by atoms with van der Waals surface area (Å²) in [6.45, 7) is 18.6. The number of unbranched alkanes of at least 4 members (excludes halogenated alkanes) is 3. The van der Waals surface area contributed by atoms with Crippen LogP contribution in [0.3, 0.4) is 0 Å². The zero-order chi connectivity index (χ0) is 12.9. The van der Waals surface area contributed by atoms with Crippen molar-refractivity contribution in [3.8, 4) is 0 Å². The molecule has 0 fully saturated rings. The average Bonchev–Trinajstić information content (AvgIpc) is 2.30. The van der Waals surface area contributed by atoms with Crippen LogP contribution < -0.4 is 0 Å². The molecule has 0 spiro atoms. The van der Waals surface area contributed by atoms with Crippen LogP contribution in [0, 0.1) is 6.92 Å². The molecule has 0 nitrogen and oxygen atoms in total. The molecule has 0 aliphatic carbocycles. The first-order chi connectivity index (χ1) is 7.16. The van der Waals surface area contributed by atoms with Gasteiger partial charge in [0.25, 0.3) is 0 Å². The van der Waals surface area contributed by atoms with Crippen molar-refractivity contribution in [1.29, 1.82) is 0 Å². The molecule has 0 saturated heterocycles. The summed E-state index contributed by atoms with van der Waals surface area (Å²) >= 11 is 0. The van der Waals surface area contributed by atoms with E-state index in [1.54, 1.807) is 0 Å². The van der Waals surface area contributed by atoms with E-state index in [-0.39, 0.29) is 49.5 Å². The molecule has 0 aromatic heterocycles. The van der Waals surface area contributed by atoms with Crippen LogP contribution >= 0.6 is 0 Å². The van der Waals surface area contributed by atoms with Crippen molar-refractivity contribution in [1.82, 2.24) is 0 Å². The van der Waals surface area contributed by atoms with Crippen LogP contribution in [-0.2, 0) is 32.7 Å². The van der Waals surface area contributed by atoms with Gasteiger partial charge in [0, 0.05) is 49.5 Å². The zero-order valence-corrected chi connectivity index (χ0v) is 17.2. The van der Waals surface area contributed by atoms with Gasteiger partial charge < -0.3 is 6.92 Å². The molecule has 18 heavy (non-hydrogen) atoms. The second-order valence-corrected chi connectivity index (χ2v) is 3.50. The van der Waals surface area contributed by atoms with E-state index in [9.17, 15) is 0 Å². The van der Waals surface area contributed by atoms with Crippen molar-refractivity contribution in [2.24, 2.45) is 0 Å². The van der Waals surface area contributed by atoms with E-state index >= 15 is 0 Å². The SMILES string of the molecule is CCCC.CCCC.CCCC.[B].[B].[CH2-]CC.[Y]. The predicted octanol–water partition coefficient (Wildman–Crippen LogP) is 5.89. The Balaban J connectivity index is -0.0000000171. The first-order valence-corrected chi connectivity index (χ1v) is 6.95. The summed E-state index contributed by atoms with van der Waals surface area (Å²) in [6.07, 6.45) is 8.92. The summed E-state index contributed by atoms with van der Waals surface area (Å²) in [6, 6.07) is 0. The Kier molecular flexibility index (Phi) is 190. The van der Waals surface area contributed by atoms with Gasteiger partial charge in [0.2, 0.25) is 0 Å². The van der Waals surface area contributed by atoms with Gasteiger partial charge in [-0.2, -0.15) is 6.42 Å². The van der Waals surface area contributed by atoms with E-state index in [0.29, 0.717) is 0 Å². The molecule has 0 bridgehead atoms. The molecule has 107 valence electrons. The van der Waals surface area contributed by atoms with Gasteiger partial charge in [0.15, 0.2) is 0 Å². The molecular weight excluding hydrogens is 291 g/mol. The molecule has 0 N–H and O–H groups in total. The largest absolute Gasteiger partial charge is 0.344 e. The first-order valence-electron chi connectivity index (χ1n) is 6.95. The molecule has 0 aliphatic heterocycles. The quantitative estimate of drug-likeness (QED) is 0.448. The topological polar surface area (TPSA) is 0 Å². The Morgan fingerprint density at radius 1 is 0.500 bits per heavy atom. The Bertz CT molecular complexity index is 38.2. The van der Waals surface area contributed by atoms with Crippen LogP contribution in [0.4, 0.5) is 0 Å². The third kappa shape index (κ3) is 253. The van der Waals surface area contributed by atoms with Gasteiger partial charge in [0.1, 0.15) is 0 Å². The molecule has 0 aromatic carbocycles. The first kappa shape index (κ1) is 42.7. The van der Waals surface area contributed by atoms with Crippen molar-refractivity contribution in [2.45, 2.75) is 93.4 Å². The maximum absolute atomic E-state index is 3.49. The van der Waals surface area contributed by atoms with Crippen molar-refractivity contribution in [3.05, 3.63) is 6.92 Å². The van der Waals surface area contributed by atoms with Crippen LogP contribution in [0.5, 0.6) is 0 Å². The van der Waals surface area contributed by atoms with E-state index in [0.717, 1.165) is 6.42 Å². The van der Waals surface area contributed by atoms with Crippen LogP contribution in [0.1, 0.15) is 93.4 Å². The number of hydrogen-bond donors (Lipinski definition) is 0. The summed E-state index contributed by atoms with van der Waals surface area (Å²) in [5.74, 6) is 0. The second-order valence-electron chi connectivity index (χ2n) is 3.50. The molecule has 0 heterocycles. The number of rotatable bonds is 3. The monoisotopic (exact) mass is 328 g/mol. The molecule has 3 heteroatoms. The van der Waals surface area contributed by atoms with Crippen LogP contribution in [0.15, 0.2) is 0 Å². The van der Waals surface area contributed by atoms with Crippen LogP contribution in [0.2, 0.25) is 0 Å². The minimum atomic E-state index is 0. The Labute approximate surface area is 149 Å². The van der Waals surface area contributed by atoms with Gasteiger partial charge in [-0.05, 0) is 0 Å². The zero-order valence-electron chi connectivity index (χ0n) is 14.4. The van der Waals surface area contributed by atoms with E-state index in [2.05, 4.69) is 48.5 Å². The fourth-order valence-electron chi connectivity index (χ4n) is 0. The summed E-state index contributed by atoms with van der Waals surface area (Å²) in [5.41, 5.74) is 0. The maximum atomic E-state index is 3.49. The fourth-order valence-corrected chi connectivity index (χ4v) is 0. The van der Waals surface area contributed by atoms with E-state index in [1.165, 1.54) is 38.5 Å². The molecule has 7 radical (unpaired) electrons. The molecule has 0 amide bonds. The minimum absolute atomic E-state index is 0. The summed E-state index contributed by atoms with van der Waals surface area (Å²) in [4.78, 5) is 0. The van der Waals surface area contributed by atoms with Gasteiger partial charge >= 0.3 is 0 Å². The Hall–Kier alpha value is 1.23. The second kappa shape index (κ2) is 79.9. The third-order valence-corrected chi connectivity index (χ3v) is 1.50.